The molecule has 0 fully saturated rings. The van der Waals surface area contributed by atoms with E-state index in [0.29, 0.717) is 19.3 Å². The van der Waals surface area contributed by atoms with Crippen molar-refractivity contribution in [2.75, 3.05) is 13.2 Å². The van der Waals surface area contributed by atoms with Crippen LogP contribution in [-0.4, -0.2) is 37.2 Å². The highest BCUT2D eigenvalue weighted by Crippen LogP contribution is 2.16. The molecule has 0 aliphatic carbocycles. The van der Waals surface area contributed by atoms with Gasteiger partial charge in [-0.1, -0.05) is 250 Å². The van der Waals surface area contributed by atoms with Gasteiger partial charge in [-0.05, 0) is 64.2 Å². The Balaban J connectivity index is 4.33. The van der Waals surface area contributed by atoms with E-state index in [1.807, 2.05) is 0 Å². The Labute approximate surface area is 397 Å². The highest BCUT2D eigenvalue weighted by atomic mass is 16.6. The normalized spacial score (nSPS) is 12.2. The van der Waals surface area contributed by atoms with Crippen LogP contribution >= 0.6 is 0 Å². The molecule has 6 heteroatoms. The standard InChI is InChI=1S/C58H106O6/c1-4-7-10-13-16-19-22-24-26-28-29-30-32-33-36-39-42-45-48-51-57(60)63-54-55(53-62-56(59)50-47-44-41-38-35-21-18-15-12-9-6-3)64-58(61)52-49-46-43-40-37-34-31-27-25-23-20-17-14-11-8-5-2/h15,18,27,31,34,37,55H,4-14,16-17,19-26,28-30,32-33,35-36,38-54H2,1-3H3/b18-15-,31-27-,37-34-. The minimum atomic E-state index is -0.785. The quantitative estimate of drug-likeness (QED) is 0.0199. The fourth-order valence-electron chi connectivity index (χ4n) is 8.12. The van der Waals surface area contributed by atoms with Gasteiger partial charge >= 0.3 is 17.9 Å². The maximum Gasteiger partial charge on any atom is 0.306 e. The molecule has 374 valence electrons. The van der Waals surface area contributed by atoms with E-state index in [0.717, 1.165) is 77.0 Å². The zero-order valence-electron chi connectivity index (χ0n) is 42.8. The Bertz CT molecular complexity index is 1080. The monoisotopic (exact) mass is 899 g/mol. The molecule has 0 bridgehead atoms. The summed E-state index contributed by atoms with van der Waals surface area (Å²) in [5.41, 5.74) is 0. The van der Waals surface area contributed by atoms with Crippen molar-refractivity contribution in [3.05, 3.63) is 36.5 Å². The van der Waals surface area contributed by atoms with Crippen LogP contribution in [0.25, 0.3) is 0 Å². The molecule has 1 atom stereocenters. The molecule has 0 aromatic rings. The van der Waals surface area contributed by atoms with Crippen molar-refractivity contribution in [1.29, 1.82) is 0 Å². The fourth-order valence-corrected chi connectivity index (χ4v) is 8.12. The number of esters is 3. The summed E-state index contributed by atoms with van der Waals surface area (Å²) in [7, 11) is 0. The Morgan fingerprint density at radius 1 is 0.312 bits per heavy atom. The van der Waals surface area contributed by atoms with E-state index >= 15 is 0 Å². The first-order valence-corrected chi connectivity index (χ1v) is 28.0. The van der Waals surface area contributed by atoms with Crippen molar-refractivity contribution in [1.82, 2.24) is 0 Å². The topological polar surface area (TPSA) is 78.9 Å². The van der Waals surface area contributed by atoms with Crippen LogP contribution in [0.2, 0.25) is 0 Å². The molecule has 0 saturated heterocycles. The average molecular weight is 899 g/mol. The number of unbranched alkanes of at least 4 members (excludes halogenated alkanes) is 35. The molecule has 0 aromatic heterocycles. The molecule has 0 heterocycles. The molecular formula is C58H106O6. The zero-order chi connectivity index (χ0) is 46.5. The Morgan fingerprint density at radius 2 is 0.578 bits per heavy atom. The summed E-state index contributed by atoms with van der Waals surface area (Å²) in [5.74, 6) is -0.905. The number of carbonyl (C=O) groups is 3. The zero-order valence-corrected chi connectivity index (χ0v) is 42.8. The maximum atomic E-state index is 12.8. The summed E-state index contributed by atoms with van der Waals surface area (Å²) in [5, 5.41) is 0. The molecule has 0 aliphatic heterocycles. The van der Waals surface area contributed by atoms with Gasteiger partial charge in [0.05, 0.1) is 0 Å². The van der Waals surface area contributed by atoms with E-state index in [1.54, 1.807) is 0 Å². The van der Waals surface area contributed by atoms with E-state index in [-0.39, 0.29) is 31.1 Å². The van der Waals surface area contributed by atoms with Gasteiger partial charge in [0.2, 0.25) is 0 Å². The molecular weight excluding hydrogens is 793 g/mol. The van der Waals surface area contributed by atoms with Gasteiger partial charge in [-0.2, -0.15) is 0 Å². The smallest absolute Gasteiger partial charge is 0.306 e. The lowest BCUT2D eigenvalue weighted by atomic mass is 10.0. The van der Waals surface area contributed by atoms with Crippen LogP contribution < -0.4 is 0 Å². The molecule has 0 amide bonds. The second-order valence-corrected chi connectivity index (χ2v) is 18.9. The van der Waals surface area contributed by atoms with Gasteiger partial charge in [-0.3, -0.25) is 14.4 Å². The van der Waals surface area contributed by atoms with E-state index in [1.165, 1.54) is 180 Å². The number of allylic oxidation sites excluding steroid dienone is 6. The van der Waals surface area contributed by atoms with Crippen molar-refractivity contribution >= 4 is 17.9 Å². The molecule has 0 aromatic carbocycles. The lowest BCUT2D eigenvalue weighted by Crippen LogP contribution is -2.30. The number of hydrogen-bond acceptors (Lipinski definition) is 6. The largest absolute Gasteiger partial charge is 0.462 e. The first-order chi connectivity index (χ1) is 31.5. The third-order valence-corrected chi connectivity index (χ3v) is 12.4. The van der Waals surface area contributed by atoms with Gasteiger partial charge in [0.15, 0.2) is 6.10 Å². The van der Waals surface area contributed by atoms with Gasteiger partial charge < -0.3 is 14.2 Å². The third kappa shape index (κ3) is 50.6. The van der Waals surface area contributed by atoms with Crippen LogP contribution in [-0.2, 0) is 28.6 Å². The minimum Gasteiger partial charge on any atom is -0.462 e. The van der Waals surface area contributed by atoms with Gasteiger partial charge in [-0.15, -0.1) is 0 Å². The third-order valence-electron chi connectivity index (χ3n) is 12.4. The highest BCUT2D eigenvalue weighted by Gasteiger charge is 2.19. The Hall–Kier alpha value is -2.37. The Kier molecular flexibility index (Phi) is 51.3. The molecule has 1 unspecified atom stereocenters. The minimum absolute atomic E-state index is 0.0822. The second-order valence-electron chi connectivity index (χ2n) is 18.9. The molecule has 0 radical (unpaired) electrons. The van der Waals surface area contributed by atoms with Crippen molar-refractivity contribution in [3.63, 3.8) is 0 Å². The van der Waals surface area contributed by atoms with Crippen LogP contribution in [0.15, 0.2) is 36.5 Å². The predicted molar refractivity (Wildman–Crippen MR) is 275 cm³/mol. The fraction of sp³-hybridized carbons (Fsp3) is 0.845. The van der Waals surface area contributed by atoms with Crippen LogP contribution in [0.5, 0.6) is 0 Å². The molecule has 0 N–H and O–H groups in total. The lowest BCUT2D eigenvalue weighted by molar-refractivity contribution is -0.167. The summed E-state index contributed by atoms with van der Waals surface area (Å²) in [6.07, 6.45) is 62.8. The van der Waals surface area contributed by atoms with Crippen molar-refractivity contribution < 1.29 is 28.6 Å². The van der Waals surface area contributed by atoms with Crippen LogP contribution in [0, 0.1) is 0 Å². The molecule has 0 spiro atoms. The molecule has 0 saturated carbocycles. The predicted octanol–water partition coefficient (Wildman–Crippen LogP) is 18.5. The summed E-state index contributed by atoms with van der Waals surface area (Å²) in [4.78, 5) is 38.0. The molecule has 64 heavy (non-hydrogen) atoms. The van der Waals surface area contributed by atoms with E-state index in [9.17, 15) is 14.4 Å². The van der Waals surface area contributed by atoms with E-state index in [2.05, 4.69) is 57.2 Å². The van der Waals surface area contributed by atoms with Gasteiger partial charge in [0.25, 0.3) is 0 Å². The summed E-state index contributed by atoms with van der Waals surface area (Å²) in [6, 6.07) is 0. The van der Waals surface area contributed by atoms with Gasteiger partial charge in [-0.25, -0.2) is 0 Å². The van der Waals surface area contributed by atoms with Crippen molar-refractivity contribution in [3.8, 4) is 0 Å². The van der Waals surface area contributed by atoms with Crippen LogP contribution in [0.3, 0.4) is 0 Å². The first kappa shape index (κ1) is 61.6. The van der Waals surface area contributed by atoms with Crippen LogP contribution in [0.1, 0.15) is 297 Å². The van der Waals surface area contributed by atoms with E-state index in [4.69, 9.17) is 14.2 Å². The number of carbonyl (C=O) groups excluding carboxylic acids is 3. The summed E-state index contributed by atoms with van der Waals surface area (Å²) < 4.78 is 16.8. The van der Waals surface area contributed by atoms with Gasteiger partial charge in [0, 0.05) is 19.3 Å². The molecule has 6 nitrogen and oxygen atoms in total. The average Bonchev–Trinajstić information content (AvgIpc) is 3.29. The summed E-state index contributed by atoms with van der Waals surface area (Å²) >= 11 is 0. The van der Waals surface area contributed by atoms with Crippen molar-refractivity contribution in [2.45, 2.75) is 303 Å². The van der Waals surface area contributed by atoms with E-state index < -0.39 is 6.10 Å². The molecule has 0 aliphatic rings. The highest BCUT2D eigenvalue weighted by molar-refractivity contribution is 5.71. The second kappa shape index (κ2) is 53.2. The number of rotatable bonds is 51. The Morgan fingerprint density at radius 3 is 0.938 bits per heavy atom. The SMILES string of the molecule is CCCC/C=C\CCCCCCCC(=O)OCC(COC(=O)CCCCCCCCCCCCCCCCCCCCC)OC(=O)CCCCC/C=C\C=C/CCCCCCCCC. The maximum absolute atomic E-state index is 12.8. The first-order valence-electron chi connectivity index (χ1n) is 28.0. The molecule has 0 rings (SSSR count). The number of hydrogen-bond donors (Lipinski definition) is 0. The van der Waals surface area contributed by atoms with Crippen LogP contribution in [0.4, 0.5) is 0 Å². The van der Waals surface area contributed by atoms with Gasteiger partial charge in [0.1, 0.15) is 13.2 Å². The number of ether oxygens (including phenoxy) is 3. The summed E-state index contributed by atoms with van der Waals surface area (Å²) in [6.45, 7) is 6.60. The lowest BCUT2D eigenvalue weighted by Gasteiger charge is -2.18. The van der Waals surface area contributed by atoms with Crippen molar-refractivity contribution in [2.24, 2.45) is 0 Å².